The second-order valence-electron chi connectivity index (χ2n) is 2.67. The monoisotopic (exact) mass is 175 g/mol. The fourth-order valence-electron chi connectivity index (χ4n) is 1.24. The lowest BCUT2D eigenvalue weighted by Gasteiger charge is -2.01. The summed E-state index contributed by atoms with van der Waals surface area (Å²) in [4.78, 5) is 0. The molecule has 13 heavy (non-hydrogen) atoms. The molecule has 0 aliphatic carbocycles. The Kier molecular flexibility index (Phi) is 2.06. The zero-order valence-corrected chi connectivity index (χ0v) is 6.94. The minimum Gasteiger partial charge on any atom is -0.392 e. The van der Waals surface area contributed by atoms with Crippen molar-refractivity contribution in [1.29, 1.82) is 0 Å². The van der Waals surface area contributed by atoms with Crippen LogP contribution in [-0.4, -0.2) is 20.5 Å². The maximum atomic E-state index is 9.06. The van der Waals surface area contributed by atoms with Crippen molar-refractivity contribution in [2.45, 2.75) is 6.61 Å². The van der Waals surface area contributed by atoms with E-state index in [1.165, 1.54) is 0 Å². The van der Waals surface area contributed by atoms with Gasteiger partial charge in [-0.05, 0) is 5.56 Å². The number of aliphatic hydroxyl groups excluding tert-OH is 1. The van der Waals surface area contributed by atoms with Crippen LogP contribution in [0.15, 0.2) is 30.5 Å². The third-order valence-corrected chi connectivity index (χ3v) is 1.88. The Morgan fingerprint density at radius 2 is 2.15 bits per heavy atom. The summed E-state index contributed by atoms with van der Waals surface area (Å²) >= 11 is 0. The minimum absolute atomic E-state index is 0.0169. The lowest BCUT2D eigenvalue weighted by atomic mass is 10.1. The van der Waals surface area contributed by atoms with E-state index in [1.54, 1.807) is 6.20 Å². The van der Waals surface area contributed by atoms with Crippen LogP contribution in [0, 0.1) is 0 Å². The van der Waals surface area contributed by atoms with Gasteiger partial charge >= 0.3 is 0 Å². The van der Waals surface area contributed by atoms with Gasteiger partial charge in [0, 0.05) is 5.56 Å². The molecule has 2 aromatic rings. The number of nitrogens with one attached hydrogen (secondary N) is 1. The first kappa shape index (κ1) is 7.94. The fourth-order valence-corrected chi connectivity index (χ4v) is 1.24. The Balaban J connectivity index is 2.51. The van der Waals surface area contributed by atoms with Crippen molar-refractivity contribution in [2.75, 3.05) is 0 Å². The second-order valence-corrected chi connectivity index (χ2v) is 2.67. The van der Waals surface area contributed by atoms with Gasteiger partial charge in [-0.1, -0.05) is 24.3 Å². The second kappa shape index (κ2) is 3.37. The molecule has 0 atom stereocenters. The van der Waals surface area contributed by atoms with Crippen LogP contribution in [0.25, 0.3) is 11.3 Å². The highest BCUT2D eigenvalue weighted by atomic mass is 16.3. The zero-order chi connectivity index (χ0) is 9.10. The molecule has 1 heterocycles. The molecule has 0 saturated heterocycles. The quantitative estimate of drug-likeness (QED) is 0.714. The predicted octanol–water partition coefficient (Wildman–Crippen LogP) is 0.964. The zero-order valence-electron chi connectivity index (χ0n) is 6.94. The number of rotatable bonds is 2. The molecular weight excluding hydrogens is 166 g/mol. The molecule has 4 heteroatoms. The molecular formula is C9H9N3O. The molecule has 0 aliphatic heterocycles. The molecule has 0 bridgehead atoms. The molecule has 0 spiro atoms. The van der Waals surface area contributed by atoms with E-state index in [1.807, 2.05) is 24.3 Å². The van der Waals surface area contributed by atoms with Crippen LogP contribution in [-0.2, 0) is 6.61 Å². The van der Waals surface area contributed by atoms with Crippen molar-refractivity contribution >= 4 is 0 Å². The topological polar surface area (TPSA) is 61.8 Å². The maximum absolute atomic E-state index is 9.06. The van der Waals surface area contributed by atoms with E-state index < -0.39 is 0 Å². The summed E-state index contributed by atoms with van der Waals surface area (Å²) in [6.07, 6.45) is 1.63. The van der Waals surface area contributed by atoms with E-state index in [4.69, 9.17) is 5.11 Å². The highest BCUT2D eigenvalue weighted by Gasteiger charge is 2.04. The van der Waals surface area contributed by atoms with Crippen LogP contribution in [0.5, 0.6) is 0 Å². The summed E-state index contributed by atoms with van der Waals surface area (Å²) in [5, 5.41) is 19.3. The van der Waals surface area contributed by atoms with Gasteiger partial charge in [-0.25, -0.2) is 0 Å². The Morgan fingerprint density at radius 3 is 2.85 bits per heavy atom. The Hall–Kier alpha value is -1.68. The Labute approximate surface area is 75.2 Å². The van der Waals surface area contributed by atoms with Crippen LogP contribution >= 0.6 is 0 Å². The summed E-state index contributed by atoms with van der Waals surface area (Å²) < 4.78 is 0. The van der Waals surface area contributed by atoms with Gasteiger partial charge in [0.15, 0.2) is 0 Å². The number of aliphatic hydroxyl groups is 1. The van der Waals surface area contributed by atoms with E-state index in [-0.39, 0.29) is 6.61 Å². The highest BCUT2D eigenvalue weighted by Crippen LogP contribution is 2.19. The summed E-state index contributed by atoms with van der Waals surface area (Å²) in [7, 11) is 0. The van der Waals surface area contributed by atoms with Crippen molar-refractivity contribution in [2.24, 2.45) is 0 Å². The summed E-state index contributed by atoms with van der Waals surface area (Å²) in [6, 6.07) is 7.56. The van der Waals surface area contributed by atoms with Gasteiger partial charge in [-0.15, -0.1) is 0 Å². The van der Waals surface area contributed by atoms with E-state index in [0.29, 0.717) is 0 Å². The number of aromatic nitrogens is 3. The smallest absolute Gasteiger partial charge is 0.113 e. The molecule has 0 saturated carbocycles. The van der Waals surface area contributed by atoms with E-state index in [0.717, 1.165) is 16.8 Å². The van der Waals surface area contributed by atoms with E-state index in [9.17, 15) is 0 Å². The summed E-state index contributed by atoms with van der Waals surface area (Å²) in [5.74, 6) is 0. The maximum Gasteiger partial charge on any atom is 0.113 e. The average Bonchev–Trinajstić information content (AvgIpc) is 2.70. The molecule has 0 amide bonds. The van der Waals surface area contributed by atoms with Crippen LogP contribution in [0.4, 0.5) is 0 Å². The molecule has 0 unspecified atom stereocenters. The van der Waals surface area contributed by atoms with Crippen molar-refractivity contribution in [3.63, 3.8) is 0 Å². The molecule has 1 aromatic carbocycles. The van der Waals surface area contributed by atoms with E-state index >= 15 is 0 Å². The van der Waals surface area contributed by atoms with Crippen LogP contribution in [0.2, 0.25) is 0 Å². The summed E-state index contributed by atoms with van der Waals surface area (Å²) in [5.41, 5.74) is 2.53. The molecule has 2 rings (SSSR count). The molecule has 1 aromatic heterocycles. The van der Waals surface area contributed by atoms with Crippen LogP contribution in [0.3, 0.4) is 0 Å². The third kappa shape index (κ3) is 1.43. The highest BCUT2D eigenvalue weighted by molar-refractivity contribution is 5.62. The first-order valence-corrected chi connectivity index (χ1v) is 3.96. The number of hydrogen-bond donors (Lipinski definition) is 2. The molecule has 0 aliphatic rings. The van der Waals surface area contributed by atoms with Crippen molar-refractivity contribution in [3.05, 3.63) is 36.0 Å². The number of benzene rings is 1. The Bertz CT molecular complexity index is 384. The number of H-pyrrole nitrogens is 1. The van der Waals surface area contributed by atoms with Gasteiger partial charge in [0.05, 0.1) is 12.8 Å². The molecule has 2 N–H and O–H groups in total. The van der Waals surface area contributed by atoms with Crippen molar-refractivity contribution < 1.29 is 5.11 Å². The van der Waals surface area contributed by atoms with Gasteiger partial charge < -0.3 is 5.11 Å². The lowest BCUT2D eigenvalue weighted by Crippen LogP contribution is -1.88. The summed E-state index contributed by atoms with van der Waals surface area (Å²) in [6.45, 7) is 0.0169. The number of hydrogen-bond acceptors (Lipinski definition) is 3. The third-order valence-electron chi connectivity index (χ3n) is 1.88. The molecule has 4 nitrogen and oxygen atoms in total. The normalized spacial score (nSPS) is 10.2. The Morgan fingerprint density at radius 1 is 1.31 bits per heavy atom. The first-order chi connectivity index (χ1) is 6.42. The van der Waals surface area contributed by atoms with Crippen molar-refractivity contribution in [1.82, 2.24) is 15.4 Å². The average molecular weight is 175 g/mol. The number of aromatic amines is 1. The van der Waals surface area contributed by atoms with Crippen LogP contribution < -0.4 is 0 Å². The van der Waals surface area contributed by atoms with Gasteiger partial charge in [-0.2, -0.15) is 15.4 Å². The fraction of sp³-hybridized carbons (Fsp3) is 0.111. The van der Waals surface area contributed by atoms with Gasteiger partial charge in [0.25, 0.3) is 0 Å². The van der Waals surface area contributed by atoms with E-state index in [2.05, 4.69) is 15.4 Å². The predicted molar refractivity (Wildman–Crippen MR) is 47.7 cm³/mol. The molecule has 66 valence electrons. The van der Waals surface area contributed by atoms with Crippen LogP contribution in [0.1, 0.15) is 5.56 Å². The standard InChI is InChI=1S/C9H9N3O/c13-6-7-3-1-2-4-8(7)9-5-10-12-11-9/h1-5,13H,6H2,(H,10,11,12). The van der Waals surface area contributed by atoms with Crippen molar-refractivity contribution in [3.8, 4) is 11.3 Å². The first-order valence-electron chi connectivity index (χ1n) is 3.96. The SMILES string of the molecule is OCc1ccccc1-c1cn[nH]n1. The van der Waals surface area contributed by atoms with Gasteiger partial charge in [0.2, 0.25) is 0 Å². The molecule has 0 radical (unpaired) electrons. The van der Waals surface area contributed by atoms with Gasteiger partial charge in [-0.3, -0.25) is 0 Å². The van der Waals surface area contributed by atoms with Gasteiger partial charge in [0.1, 0.15) is 5.69 Å². The number of nitrogens with zero attached hydrogens (tertiary/aromatic N) is 2. The lowest BCUT2D eigenvalue weighted by molar-refractivity contribution is 0.282. The minimum atomic E-state index is 0.0169. The largest absolute Gasteiger partial charge is 0.392 e. The molecule has 0 fully saturated rings.